The van der Waals surface area contributed by atoms with Crippen molar-refractivity contribution in [2.24, 2.45) is 5.84 Å². The van der Waals surface area contributed by atoms with Crippen molar-refractivity contribution in [1.29, 1.82) is 0 Å². The van der Waals surface area contributed by atoms with Crippen LogP contribution in [0.4, 0.5) is 0 Å². The van der Waals surface area contributed by atoms with Gasteiger partial charge in [-0.25, -0.2) is 5.84 Å². The van der Waals surface area contributed by atoms with Crippen LogP contribution in [0.3, 0.4) is 0 Å². The van der Waals surface area contributed by atoms with E-state index in [1.165, 1.54) is 5.56 Å². The Morgan fingerprint density at radius 1 is 1.47 bits per heavy atom. The zero-order valence-electron chi connectivity index (χ0n) is 10.5. The number of likely N-dealkylation sites (N-methyl/N-ethyl adjacent to an activating group) is 1. The maximum atomic E-state index is 12.0. The minimum atomic E-state index is -0.610. The Hall–Kier alpha value is -1.55. The van der Waals surface area contributed by atoms with Crippen LogP contribution in [-0.2, 0) is 16.6 Å². The minimum absolute atomic E-state index is 0.101. The van der Waals surface area contributed by atoms with E-state index in [1.54, 1.807) is 7.05 Å². The number of nitrogens with two attached hydrogens (primary N) is 1. The zero-order chi connectivity index (χ0) is 12.6. The predicted molar refractivity (Wildman–Crippen MR) is 65.6 cm³/mol. The largest absolute Gasteiger partial charge is 0.493 e. The molecule has 2 N–H and O–H groups in total. The molecule has 0 saturated heterocycles. The third kappa shape index (κ3) is 2.00. The number of fused-ring (bicyclic) bond motifs is 1. The number of rotatable bonds is 2. The maximum Gasteiger partial charge on any atom is 0.246 e. The highest BCUT2D eigenvalue weighted by Gasteiger charge is 2.32. The molecule has 0 unspecified atom stereocenters. The molecule has 1 aromatic rings. The molecule has 1 heterocycles. The van der Waals surface area contributed by atoms with Gasteiger partial charge < -0.3 is 4.74 Å². The summed E-state index contributed by atoms with van der Waals surface area (Å²) >= 11 is 0. The van der Waals surface area contributed by atoms with Crippen LogP contribution in [0, 0.1) is 0 Å². The minimum Gasteiger partial charge on any atom is -0.493 e. The van der Waals surface area contributed by atoms with Gasteiger partial charge in [0.2, 0.25) is 5.91 Å². The lowest BCUT2D eigenvalue weighted by atomic mass is 9.82. The molecular weight excluding hydrogens is 216 g/mol. The van der Waals surface area contributed by atoms with E-state index in [1.807, 2.05) is 32.0 Å². The summed E-state index contributed by atoms with van der Waals surface area (Å²) in [6.45, 7) is 4.50. The molecule has 0 spiro atoms. The second-order valence-electron chi connectivity index (χ2n) is 4.96. The summed E-state index contributed by atoms with van der Waals surface area (Å²) in [7, 11) is 1.57. The Balaban J connectivity index is 2.37. The predicted octanol–water partition coefficient (Wildman–Crippen LogP) is 1.23. The molecule has 0 saturated carbocycles. The second kappa shape index (κ2) is 4.04. The fourth-order valence-electron chi connectivity index (χ4n) is 2.14. The average molecular weight is 234 g/mol. The monoisotopic (exact) mass is 234 g/mol. The smallest absolute Gasteiger partial charge is 0.246 e. The molecule has 4 nitrogen and oxygen atoms in total. The van der Waals surface area contributed by atoms with Crippen LogP contribution in [0.1, 0.15) is 25.0 Å². The van der Waals surface area contributed by atoms with Crippen molar-refractivity contribution in [1.82, 2.24) is 5.01 Å². The number of hydrazine groups is 1. The van der Waals surface area contributed by atoms with E-state index in [9.17, 15) is 4.79 Å². The van der Waals surface area contributed by atoms with Crippen molar-refractivity contribution in [2.75, 3.05) is 13.7 Å². The number of amides is 1. The van der Waals surface area contributed by atoms with Gasteiger partial charge in [-0.15, -0.1) is 0 Å². The van der Waals surface area contributed by atoms with Crippen molar-refractivity contribution in [3.63, 3.8) is 0 Å². The SMILES string of the molecule is CN(N)C(=O)C(C)(C)c1ccc2c(c1)CCO2. The zero-order valence-corrected chi connectivity index (χ0v) is 10.5. The summed E-state index contributed by atoms with van der Waals surface area (Å²) in [5.41, 5.74) is 1.54. The third-order valence-electron chi connectivity index (χ3n) is 3.27. The molecule has 0 aromatic heterocycles. The molecule has 0 aliphatic carbocycles. The normalized spacial score (nSPS) is 14.1. The third-order valence-corrected chi connectivity index (χ3v) is 3.27. The van der Waals surface area contributed by atoms with E-state index in [0.29, 0.717) is 0 Å². The standard InChI is InChI=1S/C13H18N2O2/c1-13(2,12(16)15(3)14)10-4-5-11-9(8-10)6-7-17-11/h4-5,8H,6-7,14H2,1-3H3. The van der Waals surface area contributed by atoms with E-state index >= 15 is 0 Å². The van der Waals surface area contributed by atoms with Crippen LogP contribution in [0.15, 0.2) is 18.2 Å². The van der Waals surface area contributed by atoms with Gasteiger partial charge in [0.05, 0.1) is 12.0 Å². The fraction of sp³-hybridized carbons (Fsp3) is 0.462. The summed E-state index contributed by atoms with van der Waals surface area (Å²) < 4.78 is 5.45. The molecule has 2 rings (SSSR count). The highest BCUT2D eigenvalue weighted by molar-refractivity contribution is 5.86. The van der Waals surface area contributed by atoms with E-state index in [4.69, 9.17) is 10.6 Å². The Morgan fingerprint density at radius 2 is 2.18 bits per heavy atom. The topological polar surface area (TPSA) is 55.6 Å². The van der Waals surface area contributed by atoms with Gasteiger partial charge >= 0.3 is 0 Å². The van der Waals surface area contributed by atoms with Crippen LogP contribution < -0.4 is 10.6 Å². The molecule has 0 bridgehead atoms. The second-order valence-corrected chi connectivity index (χ2v) is 4.96. The van der Waals surface area contributed by atoms with Crippen molar-refractivity contribution >= 4 is 5.91 Å². The van der Waals surface area contributed by atoms with Gasteiger partial charge in [-0.05, 0) is 31.0 Å². The van der Waals surface area contributed by atoms with Crippen molar-refractivity contribution < 1.29 is 9.53 Å². The van der Waals surface area contributed by atoms with Crippen LogP contribution >= 0.6 is 0 Å². The lowest BCUT2D eigenvalue weighted by Gasteiger charge is -2.27. The Morgan fingerprint density at radius 3 is 2.82 bits per heavy atom. The number of benzene rings is 1. The summed E-state index contributed by atoms with van der Waals surface area (Å²) in [5.74, 6) is 6.36. The molecule has 1 aromatic carbocycles. The van der Waals surface area contributed by atoms with Gasteiger partial charge in [-0.2, -0.15) is 0 Å². The number of hydrogen-bond donors (Lipinski definition) is 1. The highest BCUT2D eigenvalue weighted by atomic mass is 16.5. The molecule has 4 heteroatoms. The fourth-order valence-corrected chi connectivity index (χ4v) is 2.14. The van der Waals surface area contributed by atoms with Crippen LogP contribution in [0.2, 0.25) is 0 Å². The first-order chi connectivity index (χ1) is 7.93. The number of carbonyl (C=O) groups excluding carboxylic acids is 1. The van der Waals surface area contributed by atoms with Crippen LogP contribution in [0.25, 0.3) is 0 Å². The van der Waals surface area contributed by atoms with Gasteiger partial charge in [0, 0.05) is 13.5 Å². The van der Waals surface area contributed by atoms with Crippen molar-refractivity contribution in [2.45, 2.75) is 25.7 Å². The summed E-state index contributed by atoms with van der Waals surface area (Å²) in [6.07, 6.45) is 0.909. The molecule has 1 aliphatic rings. The van der Waals surface area contributed by atoms with Gasteiger partial charge in [0.25, 0.3) is 0 Å². The first-order valence-corrected chi connectivity index (χ1v) is 5.72. The van der Waals surface area contributed by atoms with E-state index < -0.39 is 5.41 Å². The van der Waals surface area contributed by atoms with Crippen molar-refractivity contribution in [3.8, 4) is 5.75 Å². The Bertz CT molecular complexity index is 453. The number of carbonyl (C=O) groups is 1. The first-order valence-electron chi connectivity index (χ1n) is 5.72. The summed E-state index contributed by atoms with van der Waals surface area (Å²) in [4.78, 5) is 12.0. The van der Waals surface area contributed by atoms with Gasteiger partial charge in [-0.1, -0.05) is 12.1 Å². The molecule has 1 amide bonds. The molecular formula is C13H18N2O2. The molecule has 0 atom stereocenters. The van der Waals surface area contributed by atoms with Crippen LogP contribution in [-0.4, -0.2) is 24.6 Å². The molecule has 0 fully saturated rings. The van der Waals surface area contributed by atoms with E-state index in [2.05, 4.69) is 0 Å². The first kappa shape index (κ1) is 11.9. The van der Waals surface area contributed by atoms with E-state index in [-0.39, 0.29) is 5.91 Å². The lowest BCUT2D eigenvalue weighted by molar-refractivity contribution is -0.135. The molecule has 92 valence electrons. The maximum absolute atomic E-state index is 12.0. The average Bonchev–Trinajstić information content (AvgIpc) is 2.74. The van der Waals surface area contributed by atoms with E-state index in [0.717, 1.165) is 29.3 Å². The Kier molecular flexibility index (Phi) is 2.83. The molecule has 17 heavy (non-hydrogen) atoms. The van der Waals surface area contributed by atoms with Gasteiger partial charge in [-0.3, -0.25) is 9.80 Å². The lowest BCUT2D eigenvalue weighted by Crippen LogP contribution is -2.44. The molecule has 0 radical (unpaired) electrons. The highest BCUT2D eigenvalue weighted by Crippen LogP contribution is 2.32. The number of hydrogen-bond acceptors (Lipinski definition) is 3. The summed E-state index contributed by atoms with van der Waals surface area (Å²) in [6, 6.07) is 5.92. The van der Waals surface area contributed by atoms with Crippen molar-refractivity contribution in [3.05, 3.63) is 29.3 Å². The van der Waals surface area contributed by atoms with Crippen LogP contribution in [0.5, 0.6) is 5.75 Å². The van der Waals surface area contributed by atoms with Gasteiger partial charge in [0.15, 0.2) is 0 Å². The quantitative estimate of drug-likeness (QED) is 0.476. The van der Waals surface area contributed by atoms with Gasteiger partial charge in [0.1, 0.15) is 5.75 Å². The number of ether oxygens (including phenoxy) is 1. The Labute approximate surface area is 101 Å². The number of nitrogens with zero attached hydrogens (tertiary/aromatic N) is 1. The molecule has 1 aliphatic heterocycles. The summed E-state index contributed by atoms with van der Waals surface area (Å²) in [5, 5.41) is 1.14.